The van der Waals surface area contributed by atoms with Crippen LogP contribution in [0.2, 0.25) is 0 Å². The summed E-state index contributed by atoms with van der Waals surface area (Å²) < 4.78 is 0. The minimum atomic E-state index is -0.846. The second kappa shape index (κ2) is 20.8. The Labute approximate surface area is 284 Å². The average molecular weight is 668 g/mol. The lowest BCUT2D eigenvalue weighted by atomic mass is 9.97. The molecule has 0 fully saturated rings. The van der Waals surface area contributed by atoms with Gasteiger partial charge < -0.3 is 31.9 Å². The number of aromatic amines is 1. The highest BCUT2D eigenvalue weighted by atomic mass is 16.2. The van der Waals surface area contributed by atoms with Crippen molar-refractivity contribution in [2.45, 2.75) is 104 Å². The maximum absolute atomic E-state index is 13.7. The zero-order valence-corrected chi connectivity index (χ0v) is 29.4. The summed E-state index contributed by atoms with van der Waals surface area (Å²) in [4.78, 5) is 72.7. The molecule has 0 bridgehead atoms. The van der Waals surface area contributed by atoms with Crippen molar-refractivity contribution < 1.29 is 29.0 Å². The van der Waals surface area contributed by atoms with Crippen LogP contribution in [0.15, 0.2) is 49.1 Å². The first-order valence-corrected chi connectivity index (χ1v) is 17.0. The van der Waals surface area contributed by atoms with Crippen LogP contribution in [0.4, 0.5) is 0 Å². The summed E-state index contributed by atoms with van der Waals surface area (Å²) in [7, 11) is 0. The van der Waals surface area contributed by atoms with Gasteiger partial charge in [-0.25, -0.2) is 4.98 Å². The predicted molar refractivity (Wildman–Crippen MR) is 183 cm³/mol. The van der Waals surface area contributed by atoms with Crippen LogP contribution >= 0.6 is 0 Å². The Hall–Kier alpha value is -4.39. The molecule has 2 aromatic heterocycles. The summed E-state index contributed by atoms with van der Waals surface area (Å²) in [5.74, 6) is -2.06. The molecule has 0 spiro atoms. The monoisotopic (exact) mass is 667 g/mol. The second-order valence-electron chi connectivity index (χ2n) is 12.5. The van der Waals surface area contributed by atoms with Gasteiger partial charge >= 0.3 is 0 Å². The van der Waals surface area contributed by atoms with Gasteiger partial charge in [0.1, 0.15) is 18.1 Å². The van der Waals surface area contributed by atoms with Gasteiger partial charge in [-0.15, -0.1) is 0 Å². The third-order valence-corrected chi connectivity index (χ3v) is 8.21. The van der Waals surface area contributed by atoms with Gasteiger partial charge in [0, 0.05) is 43.7 Å². The molecule has 7 N–H and O–H groups in total. The van der Waals surface area contributed by atoms with Gasteiger partial charge in [-0.1, -0.05) is 47.5 Å². The zero-order valence-electron chi connectivity index (χ0n) is 29.4. The molecule has 0 aliphatic rings. The van der Waals surface area contributed by atoms with Crippen LogP contribution in [0.25, 0.3) is 0 Å². The van der Waals surface area contributed by atoms with Gasteiger partial charge in [0.25, 0.3) is 5.91 Å². The molecule has 0 aromatic carbocycles. The standard InChI is InChI=1S/C35H54N8O5/c1-8-11-28(41-35(48)30(23(6)9-2)43-32(45)26-14-18-37-19-15-26)33(46)40-27(20-25-12-16-36-17-13-25)21-39-24(7)31(44)42-29(22(4)5)34(47)38-10-3/h12-19,22-24,27-30,39H,8-11,20-21H2,1-7H3,(H,38,47)(H,40,46)(H,41,48)(H,42,44)(H,43,45)/p+1/t23?,24-,27?,28-,29?,30?/m0/s1. The van der Waals surface area contributed by atoms with Gasteiger partial charge in [0.15, 0.2) is 12.4 Å². The van der Waals surface area contributed by atoms with E-state index in [1.807, 2.05) is 53.7 Å². The van der Waals surface area contributed by atoms with Crippen LogP contribution in [-0.4, -0.2) is 77.8 Å². The van der Waals surface area contributed by atoms with E-state index >= 15 is 0 Å². The Morgan fingerprint density at radius 1 is 0.771 bits per heavy atom. The number of carbonyl (C=O) groups is 5. The number of rotatable bonds is 20. The van der Waals surface area contributed by atoms with E-state index in [2.05, 4.69) is 41.9 Å². The molecule has 48 heavy (non-hydrogen) atoms. The van der Waals surface area contributed by atoms with Crippen molar-refractivity contribution in [1.82, 2.24) is 36.9 Å². The topological polar surface area (TPSA) is 185 Å². The normalized spacial score (nSPS) is 14.8. The number of aromatic nitrogens is 2. The van der Waals surface area contributed by atoms with Crippen molar-refractivity contribution >= 4 is 29.5 Å². The molecule has 4 unspecified atom stereocenters. The minimum absolute atomic E-state index is 0.109. The molecule has 0 radical (unpaired) electrons. The van der Waals surface area contributed by atoms with Crippen molar-refractivity contribution in [2.24, 2.45) is 11.8 Å². The van der Waals surface area contributed by atoms with Gasteiger partial charge in [-0.3, -0.25) is 29.0 Å². The highest BCUT2D eigenvalue weighted by Gasteiger charge is 2.31. The number of amides is 5. The first-order valence-electron chi connectivity index (χ1n) is 17.0. The number of carbonyl (C=O) groups excluding carboxylic acids is 5. The Kier molecular flexibility index (Phi) is 17.2. The number of nitrogens with zero attached hydrogens (tertiary/aromatic N) is 1. The van der Waals surface area contributed by atoms with Crippen molar-refractivity contribution in [3.63, 3.8) is 0 Å². The molecule has 0 aliphatic carbocycles. The van der Waals surface area contributed by atoms with E-state index in [1.165, 1.54) is 0 Å². The van der Waals surface area contributed by atoms with Crippen molar-refractivity contribution in [2.75, 3.05) is 13.1 Å². The third-order valence-electron chi connectivity index (χ3n) is 8.21. The lowest BCUT2D eigenvalue weighted by Gasteiger charge is -2.28. The molecule has 0 saturated heterocycles. The number of likely N-dealkylation sites (N-methyl/N-ethyl adjacent to an activating group) is 1. The molecule has 13 nitrogen and oxygen atoms in total. The SMILES string of the molecule is CCC[C@H](NC(=O)C(NC(=O)c1cc[nH+]cc1)C(C)CC)C(=O)NC(CN[C@@H](C)C(=O)NC(C(=O)NCC)C(C)C)Cc1ccncc1. The fraction of sp³-hybridized carbons (Fsp3) is 0.571. The van der Waals surface area contributed by atoms with Crippen LogP contribution in [-0.2, 0) is 25.6 Å². The van der Waals surface area contributed by atoms with Crippen LogP contribution in [0, 0.1) is 11.8 Å². The van der Waals surface area contributed by atoms with Crippen LogP contribution in [0.1, 0.15) is 83.7 Å². The summed E-state index contributed by atoms with van der Waals surface area (Å²) in [6, 6.07) is 3.48. The van der Waals surface area contributed by atoms with E-state index in [0.29, 0.717) is 37.8 Å². The molecule has 2 aromatic rings. The molecule has 2 rings (SSSR count). The zero-order chi connectivity index (χ0) is 35.6. The Balaban J connectivity index is 2.17. The Bertz CT molecular complexity index is 1310. The van der Waals surface area contributed by atoms with Crippen LogP contribution < -0.4 is 36.9 Å². The van der Waals surface area contributed by atoms with Gasteiger partial charge in [-0.05, 0) is 56.2 Å². The summed E-state index contributed by atoms with van der Waals surface area (Å²) in [6.07, 6.45) is 8.70. The smallest absolute Gasteiger partial charge is 0.252 e. The number of nitrogens with one attached hydrogen (secondary N) is 7. The minimum Gasteiger partial charge on any atom is -0.355 e. The lowest BCUT2D eigenvalue weighted by molar-refractivity contribution is -0.378. The van der Waals surface area contributed by atoms with Gasteiger partial charge in [0.05, 0.1) is 11.6 Å². The second-order valence-corrected chi connectivity index (χ2v) is 12.5. The number of hydrogen-bond donors (Lipinski definition) is 6. The molecule has 6 atom stereocenters. The first-order chi connectivity index (χ1) is 22.9. The summed E-state index contributed by atoms with van der Waals surface area (Å²) >= 11 is 0. The average Bonchev–Trinajstić information content (AvgIpc) is 3.08. The Morgan fingerprint density at radius 2 is 1.44 bits per heavy atom. The first kappa shape index (κ1) is 39.8. The fourth-order valence-corrected chi connectivity index (χ4v) is 5.07. The van der Waals surface area contributed by atoms with E-state index in [4.69, 9.17) is 0 Å². The molecule has 0 saturated carbocycles. The van der Waals surface area contributed by atoms with Gasteiger partial charge in [-0.2, -0.15) is 0 Å². The van der Waals surface area contributed by atoms with E-state index in [1.54, 1.807) is 43.8 Å². The van der Waals surface area contributed by atoms with Crippen molar-refractivity contribution in [1.29, 1.82) is 0 Å². The maximum Gasteiger partial charge on any atom is 0.252 e. The third kappa shape index (κ3) is 13.0. The van der Waals surface area contributed by atoms with Gasteiger partial charge in [0.2, 0.25) is 23.6 Å². The predicted octanol–water partition coefficient (Wildman–Crippen LogP) is 1.31. The van der Waals surface area contributed by atoms with E-state index in [0.717, 1.165) is 5.56 Å². The number of pyridine rings is 2. The molecular formula is C35H55N8O5+. The summed E-state index contributed by atoms with van der Waals surface area (Å²) in [5, 5.41) is 17.6. The molecule has 264 valence electrons. The molecule has 13 heteroatoms. The largest absolute Gasteiger partial charge is 0.355 e. The fourth-order valence-electron chi connectivity index (χ4n) is 5.07. The molecule has 2 heterocycles. The van der Waals surface area contributed by atoms with E-state index in [9.17, 15) is 24.0 Å². The highest BCUT2D eigenvalue weighted by Crippen LogP contribution is 2.11. The van der Waals surface area contributed by atoms with Crippen molar-refractivity contribution in [3.05, 3.63) is 60.2 Å². The highest BCUT2D eigenvalue weighted by molar-refractivity contribution is 5.98. The molecule has 5 amide bonds. The number of hydrogen-bond acceptors (Lipinski definition) is 7. The number of H-pyrrole nitrogens is 1. The van der Waals surface area contributed by atoms with E-state index < -0.39 is 36.1 Å². The van der Waals surface area contributed by atoms with E-state index in [-0.39, 0.29) is 42.0 Å². The summed E-state index contributed by atoms with van der Waals surface area (Å²) in [6.45, 7) is 13.7. The molecule has 0 aliphatic heterocycles. The summed E-state index contributed by atoms with van der Waals surface area (Å²) in [5.41, 5.74) is 1.34. The maximum atomic E-state index is 13.7. The Morgan fingerprint density at radius 3 is 2.02 bits per heavy atom. The quantitative estimate of drug-likeness (QED) is 0.123. The van der Waals surface area contributed by atoms with Crippen molar-refractivity contribution in [3.8, 4) is 0 Å². The van der Waals surface area contributed by atoms with Crippen LogP contribution in [0.5, 0.6) is 0 Å². The van der Waals surface area contributed by atoms with Crippen LogP contribution in [0.3, 0.4) is 0 Å². The lowest BCUT2D eigenvalue weighted by Crippen LogP contribution is -2.58. The molecular weight excluding hydrogens is 612 g/mol.